The first-order valence-electron chi connectivity index (χ1n) is 8.06. The van der Waals surface area contributed by atoms with E-state index in [2.05, 4.69) is 62.0 Å². The summed E-state index contributed by atoms with van der Waals surface area (Å²) in [6.45, 7) is 13.1. The molecule has 0 aliphatic rings. The first-order chi connectivity index (χ1) is 9.60. The summed E-state index contributed by atoms with van der Waals surface area (Å²) >= 11 is 0. The average molecular weight is 277 g/mol. The van der Waals surface area contributed by atoms with Crippen molar-refractivity contribution in [2.75, 3.05) is 18.0 Å². The van der Waals surface area contributed by atoms with E-state index in [-0.39, 0.29) is 0 Å². The molecule has 20 heavy (non-hydrogen) atoms. The molecule has 0 aromatic carbocycles. The lowest BCUT2D eigenvalue weighted by Gasteiger charge is -2.28. The van der Waals surface area contributed by atoms with Gasteiger partial charge in [-0.1, -0.05) is 32.8 Å². The molecular weight excluding hydrogens is 246 g/mol. The monoisotopic (exact) mass is 277 g/mol. The fourth-order valence-corrected chi connectivity index (χ4v) is 2.42. The lowest BCUT2D eigenvalue weighted by molar-refractivity contribution is 0.593. The largest absolute Gasteiger partial charge is 0.354 e. The van der Waals surface area contributed by atoms with Crippen LogP contribution in [0.4, 0.5) is 5.82 Å². The van der Waals surface area contributed by atoms with Crippen LogP contribution < -0.4 is 10.2 Å². The molecule has 0 spiro atoms. The average Bonchev–Trinajstić information content (AvgIpc) is 2.44. The highest BCUT2D eigenvalue weighted by atomic mass is 15.2. The molecule has 1 aromatic heterocycles. The van der Waals surface area contributed by atoms with Crippen molar-refractivity contribution in [2.45, 2.75) is 66.0 Å². The molecule has 0 saturated heterocycles. The predicted octanol–water partition coefficient (Wildman–Crippen LogP) is 4.16. The third-order valence-electron chi connectivity index (χ3n) is 3.70. The predicted molar refractivity (Wildman–Crippen MR) is 88.3 cm³/mol. The van der Waals surface area contributed by atoms with E-state index in [1.165, 1.54) is 24.8 Å². The number of hydrogen-bond acceptors (Lipinski definition) is 3. The molecule has 0 fully saturated rings. The Morgan fingerprint density at radius 2 is 1.90 bits per heavy atom. The van der Waals surface area contributed by atoms with Crippen LogP contribution in [-0.2, 0) is 0 Å². The van der Waals surface area contributed by atoms with Crippen molar-refractivity contribution < 1.29 is 0 Å². The Balaban J connectivity index is 2.72. The zero-order valence-electron chi connectivity index (χ0n) is 13.8. The zero-order chi connectivity index (χ0) is 15.0. The molecule has 3 nitrogen and oxygen atoms in total. The van der Waals surface area contributed by atoms with Gasteiger partial charge in [0.1, 0.15) is 5.82 Å². The molecule has 0 saturated carbocycles. The Labute approximate surface area is 124 Å². The smallest absolute Gasteiger partial charge is 0.128 e. The lowest BCUT2D eigenvalue weighted by atomic mass is 10.1. The highest BCUT2D eigenvalue weighted by Gasteiger charge is 2.12. The van der Waals surface area contributed by atoms with Gasteiger partial charge in [-0.3, -0.25) is 0 Å². The summed E-state index contributed by atoms with van der Waals surface area (Å²) in [6.07, 6.45) is 5.81. The van der Waals surface area contributed by atoms with Crippen molar-refractivity contribution in [2.24, 2.45) is 0 Å². The number of anilines is 1. The molecule has 3 heteroatoms. The van der Waals surface area contributed by atoms with Crippen LogP contribution in [0.15, 0.2) is 18.3 Å². The van der Waals surface area contributed by atoms with Gasteiger partial charge < -0.3 is 10.2 Å². The molecule has 1 aromatic rings. The minimum Gasteiger partial charge on any atom is -0.354 e. The van der Waals surface area contributed by atoms with Gasteiger partial charge >= 0.3 is 0 Å². The van der Waals surface area contributed by atoms with Crippen LogP contribution in [0, 0.1) is 0 Å². The van der Waals surface area contributed by atoms with Crippen molar-refractivity contribution in [3.63, 3.8) is 0 Å². The number of hydrogen-bond donors (Lipinski definition) is 1. The number of rotatable bonds is 9. The summed E-state index contributed by atoms with van der Waals surface area (Å²) in [6, 6.07) is 5.23. The highest BCUT2D eigenvalue weighted by Crippen LogP contribution is 2.18. The first kappa shape index (κ1) is 17.0. The van der Waals surface area contributed by atoms with E-state index >= 15 is 0 Å². The Morgan fingerprint density at radius 3 is 2.40 bits per heavy atom. The molecule has 1 rings (SSSR count). The van der Waals surface area contributed by atoms with Crippen molar-refractivity contribution in [1.82, 2.24) is 10.3 Å². The van der Waals surface area contributed by atoms with Crippen molar-refractivity contribution in [3.8, 4) is 0 Å². The summed E-state index contributed by atoms with van der Waals surface area (Å²) in [5.41, 5.74) is 1.26. The van der Waals surface area contributed by atoms with Gasteiger partial charge in [0.05, 0.1) is 0 Å². The van der Waals surface area contributed by atoms with E-state index in [1.54, 1.807) is 0 Å². The van der Waals surface area contributed by atoms with Crippen LogP contribution in [0.1, 0.15) is 65.5 Å². The summed E-state index contributed by atoms with van der Waals surface area (Å²) < 4.78 is 0. The SMILES string of the molecule is CCCCCN(c1ccc(C(C)NCC)cn1)C(C)C. The molecular formula is C17H31N3. The van der Waals surface area contributed by atoms with Gasteiger partial charge in [0.15, 0.2) is 0 Å². The lowest BCUT2D eigenvalue weighted by Crippen LogP contribution is -2.32. The zero-order valence-corrected chi connectivity index (χ0v) is 13.8. The van der Waals surface area contributed by atoms with Crippen LogP contribution >= 0.6 is 0 Å². The maximum absolute atomic E-state index is 4.67. The van der Waals surface area contributed by atoms with E-state index < -0.39 is 0 Å². The minimum atomic E-state index is 0.370. The van der Waals surface area contributed by atoms with Crippen LogP contribution in [0.3, 0.4) is 0 Å². The Kier molecular flexibility index (Phi) is 7.60. The fraction of sp³-hybridized carbons (Fsp3) is 0.706. The van der Waals surface area contributed by atoms with Gasteiger partial charge in [-0.2, -0.15) is 0 Å². The number of unbranched alkanes of at least 4 members (excludes halogenated alkanes) is 2. The van der Waals surface area contributed by atoms with Gasteiger partial charge in [-0.25, -0.2) is 4.98 Å². The standard InChI is InChI=1S/C17H31N3/c1-6-8-9-12-20(14(3)4)17-11-10-16(13-19-17)15(5)18-7-2/h10-11,13-15,18H,6-9,12H2,1-5H3. The summed E-state index contributed by atoms with van der Waals surface area (Å²) in [5, 5.41) is 3.42. The Bertz CT molecular complexity index is 359. The van der Waals surface area contributed by atoms with E-state index in [1.807, 2.05) is 6.20 Å². The molecule has 0 radical (unpaired) electrons. The van der Waals surface area contributed by atoms with E-state index in [9.17, 15) is 0 Å². The van der Waals surface area contributed by atoms with Gasteiger partial charge in [-0.15, -0.1) is 0 Å². The number of nitrogens with zero attached hydrogens (tertiary/aromatic N) is 2. The molecule has 0 aliphatic carbocycles. The van der Waals surface area contributed by atoms with Gasteiger partial charge in [-0.05, 0) is 45.4 Å². The quantitative estimate of drug-likeness (QED) is 0.687. The number of aromatic nitrogens is 1. The van der Waals surface area contributed by atoms with Crippen molar-refractivity contribution in [3.05, 3.63) is 23.9 Å². The Hall–Kier alpha value is -1.09. The number of nitrogens with one attached hydrogen (secondary N) is 1. The second-order valence-electron chi connectivity index (χ2n) is 5.72. The molecule has 1 heterocycles. The van der Waals surface area contributed by atoms with E-state index in [0.717, 1.165) is 18.9 Å². The molecule has 114 valence electrons. The van der Waals surface area contributed by atoms with Crippen LogP contribution in [-0.4, -0.2) is 24.1 Å². The van der Waals surface area contributed by atoms with Crippen molar-refractivity contribution >= 4 is 5.82 Å². The second kappa shape index (κ2) is 8.96. The molecule has 1 unspecified atom stereocenters. The third-order valence-corrected chi connectivity index (χ3v) is 3.70. The van der Waals surface area contributed by atoms with Crippen molar-refractivity contribution in [1.29, 1.82) is 0 Å². The van der Waals surface area contributed by atoms with E-state index in [4.69, 9.17) is 0 Å². The number of pyridine rings is 1. The van der Waals surface area contributed by atoms with Gasteiger partial charge in [0.2, 0.25) is 0 Å². The van der Waals surface area contributed by atoms with Gasteiger partial charge in [0, 0.05) is 24.8 Å². The fourth-order valence-electron chi connectivity index (χ4n) is 2.42. The third kappa shape index (κ3) is 5.12. The highest BCUT2D eigenvalue weighted by molar-refractivity contribution is 5.40. The normalized spacial score (nSPS) is 12.7. The summed E-state index contributed by atoms with van der Waals surface area (Å²) in [4.78, 5) is 7.07. The molecule has 0 amide bonds. The molecule has 1 atom stereocenters. The van der Waals surface area contributed by atoms with Crippen LogP contribution in [0.25, 0.3) is 0 Å². The van der Waals surface area contributed by atoms with E-state index in [0.29, 0.717) is 12.1 Å². The van der Waals surface area contributed by atoms with Crippen LogP contribution in [0.2, 0.25) is 0 Å². The second-order valence-corrected chi connectivity index (χ2v) is 5.72. The molecule has 0 aliphatic heterocycles. The van der Waals surface area contributed by atoms with Crippen LogP contribution in [0.5, 0.6) is 0 Å². The first-order valence-corrected chi connectivity index (χ1v) is 8.06. The Morgan fingerprint density at radius 1 is 1.15 bits per heavy atom. The van der Waals surface area contributed by atoms with Gasteiger partial charge in [0.25, 0.3) is 0 Å². The maximum atomic E-state index is 4.67. The topological polar surface area (TPSA) is 28.2 Å². The summed E-state index contributed by atoms with van der Waals surface area (Å²) in [5.74, 6) is 1.10. The summed E-state index contributed by atoms with van der Waals surface area (Å²) in [7, 11) is 0. The molecule has 1 N–H and O–H groups in total. The maximum Gasteiger partial charge on any atom is 0.128 e. The molecule has 0 bridgehead atoms. The minimum absolute atomic E-state index is 0.370.